The van der Waals surface area contributed by atoms with Gasteiger partial charge in [-0.1, -0.05) is 0 Å². The Kier molecular flexibility index (Phi) is 3.45. The van der Waals surface area contributed by atoms with Crippen LogP contribution in [0.15, 0.2) is 47.3 Å². The Labute approximate surface area is 125 Å². The van der Waals surface area contributed by atoms with Crippen LogP contribution in [-0.4, -0.2) is 28.0 Å². The summed E-state index contributed by atoms with van der Waals surface area (Å²) in [6.45, 7) is 0. The summed E-state index contributed by atoms with van der Waals surface area (Å²) in [6, 6.07) is 9.13. The zero-order valence-electron chi connectivity index (χ0n) is 11.2. The van der Waals surface area contributed by atoms with Crippen molar-refractivity contribution in [2.24, 2.45) is 0 Å². The molecule has 0 saturated carbocycles. The molecule has 0 aliphatic carbocycles. The van der Waals surface area contributed by atoms with Crippen LogP contribution in [0.25, 0.3) is 16.9 Å². The Hall–Kier alpha value is -2.60. The van der Waals surface area contributed by atoms with E-state index in [1.165, 1.54) is 17.5 Å². The summed E-state index contributed by atoms with van der Waals surface area (Å²) in [6.07, 6.45) is 1.52. The van der Waals surface area contributed by atoms with Crippen molar-refractivity contribution < 1.29 is 14.6 Å². The van der Waals surface area contributed by atoms with E-state index in [2.05, 4.69) is 5.10 Å². The summed E-state index contributed by atoms with van der Waals surface area (Å²) in [5, 5.41) is 17.5. The number of rotatable bonds is 4. The Morgan fingerprint density at radius 1 is 1.29 bits per heavy atom. The van der Waals surface area contributed by atoms with Crippen molar-refractivity contribution in [2.45, 2.75) is 0 Å². The molecule has 21 heavy (non-hydrogen) atoms. The van der Waals surface area contributed by atoms with Gasteiger partial charge in [0, 0.05) is 17.1 Å². The number of benzene rings is 1. The third kappa shape index (κ3) is 2.53. The highest BCUT2D eigenvalue weighted by Crippen LogP contribution is 2.26. The zero-order chi connectivity index (χ0) is 14.8. The van der Waals surface area contributed by atoms with Crippen molar-refractivity contribution in [2.75, 3.05) is 7.11 Å². The van der Waals surface area contributed by atoms with Gasteiger partial charge in [0.1, 0.15) is 17.0 Å². The summed E-state index contributed by atoms with van der Waals surface area (Å²) in [5.74, 6) is -0.251. The smallest absolute Gasteiger partial charge is 0.339 e. The van der Waals surface area contributed by atoms with Crippen LogP contribution in [0.5, 0.6) is 5.75 Å². The van der Waals surface area contributed by atoms with Gasteiger partial charge in [-0.05, 0) is 35.7 Å². The normalized spacial score (nSPS) is 10.5. The first kappa shape index (κ1) is 13.4. The van der Waals surface area contributed by atoms with E-state index in [1.54, 1.807) is 11.8 Å². The van der Waals surface area contributed by atoms with E-state index in [9.17, 15) is 9.90 Å². The molecule has 0 saturated heterocycles. The molecule has 0 radical (unpaired) electrons. The number of thiophene rings is 1. The predicted octanol–water partition coefficient (Wildman–Crippen LogP) is 3.31. The summed E-state index contributed by atoms with van der Waals surface area (Å²) in [5.41, 5.74) is 2.24. The SMILES string of the molecule is COc1ccc(-n2cc(C(=O)O)c(-c3ccsc3)n2)cc1. The van der Waals surface area contributed by atoms with Crippen LogP contribution in [-0.2, 0) is 0 Å². The van der Waals surface area contributed by atoms with Crippen molar-refractivity contribution in [1.29, 1.82) is 0 Å². The molecule has 2 aromatic heterocycles. The average molecular weight is 300 g/mol. The van der Waals surface area contributed by atoms with Gasteiger partial charge in [-0.3, -0.25) is 0 Å². The van der Waals surface area contributed by atoms with Crippen LogP contribution in [0.4, 0.5) is 0 Å². The van der Waals surface area contributed by atoms with Gasteiger partial charge >= 0.3 is 5.97 Å². The minimum Gasteiger partial charge on any atom is -0.497 e. The summed E-state index contributed by atoms with van der Waals surface area (Å²) >= 11 is 1.51. The molecule has 1 aromatic carbocycles. The molecule has 0 amide bonds. The lowest BCUT2D eigenvalue weighted by atomic mass is 10.1. The van der Waals surface area contributed by atoms with Gasteiger partial charge < -0.3 is 9.84 Å². The molecule has 3 rings (SSSR count). The van der Waals surface area contributed by atoms with E-state index < -0.39 is 5.97 Å². The molecular weight excluding hydrogens is 288 g/mol. The number of carbonyl (C=O) groups is 1. The van der Waals surface area contributed by atoms with Crippen molar-refractivity contribution in [3.05, 3.63) is 52.9 Å². The van der Waals surface area contributed by atoms with Gasteiger partial charge in [0.05, 0.1) is 12.8 Å². The number of nitrogens with zero attached hydrogens (tertiary/aromatic N) is 2. The van der Waals surface area contributed by atoms with Crippen LogP contribution in [0.3, 0.4) is 0 Å². The predicted molar refractivity (Wildman–Crippen MR) is 80.4 cm³/mol. The van der Waals surface area contributed by atoms with Gasteiger partial charge in [-0.25, -0.2) is 9.48 Å². The first-order valence-electron chi connectivity index (χ1n) is 6.19. The van der Waals surface area contributed by atoms with E-state index in [1.807, 2.05) is 41.1 Å². The maximum Gasteiger partial charge on any atom is 0.339 e. The Balaban J connectivity index is 2.07. The topological polar surface area (TPSA) is 64.3 Å². The van der Waals surface area contributed by atoms with E-state index in [-0.39, 0.29) is 5.56 Å². The number of methoxy groups -OCH3 is 1. The van der Waals surface area contributed by atoms with Crippen molar-refractivity contribution in [1.82, 2.24) is 9.78 Å². The Bertz CT molecular complexity index is 761. The zero-order valence-corrected chi connectivity index (χ0v) is 12.0. The van der Waals surface area contributed by atoms with Gasteiger partial charge in [0.25, 0.3) is 0 Å². The Morgan fingerprint density at radius 2 is 2.05 bits per heavy atom. The number of carboxylic acid groups (broad SMARTS) is 1. The lowest BCUT2D eigenvalue weighted by Crippen LogP contribution is -1.96. The minimum absolute atomic E-state index is 0.184. The van der Waals surface area contributed by atoms with Crippen molar-refractivity contribution in [3.8, 4) is 22.7 Å². The summed E-state index contributed by atoms with van der Waals surface area (Å²) in [4.78, 5) is 11.4. The second-order valence-corrected chi connectivity index (χ2v) is 5.13. The molecular formula is C15H12N2O3S. The quantitative estimate of drug-likeness (QED) is 0.803. The number of aromatic nitrogens is 2. The largest absolute Gasteiger partial charge is 0.497 e. The fraction of sp³-hybridized carbons (Fsp3) is 0.0667. The maximum atomic E-state index is 11.4. The summed E-state index contributed by atoms with van der Waals surface area (Å²) < 4.78 is 6.67. The molecule has 5 nitrogen and oxygen atoms in total. The molecule has 6 heteroatoms. The molecule has 106 valence electrons. The fourth-order valence-electron chi connectivity index (χ4n) is 2.01. The third-order valence-electron chi connectivity index (χ3n) is 3.08. The van der Waals surface area contributed by atoms with Gasteiger partial charge in [-0.2, -0.15) is 16.4 Å². The van der Waals surface area contributed by atoms with Gasteiger partial charge in [-0.15, -0.1) is 0 Å². The number of hydrogen-bond donors (Lipinski definition) is 1. The number of carboxylic acids is 1. The third-order valence-corrected chi connectivity index (χ3v) is 3.76. The van der Waals surface area contributed by atoms with E-state index >= 15 is 0 Å². The lowest BCUT2D eigenvalue weighted by molar-refractivity contribution is 0.0697. The van der Waals surface area contributed by atoms with Crippen LogP contribution < -0.4 is 4.74 Å². The molecule has 0 unspecified atom stereocenters. The molecule has 1 N–H and O–H groups in total. The fourth-order valence-corrected chi connectivity index (χ4v) is 2.65. The number of ether oxygens (including phenoxy) is 1. The summed E-state index contributed by atoms with van der Waals surface area (Å²) in [7, 11) is 1.60. The molecule has 3 aromatic rings. The van der Waals surface area contributed by atoms with Crippen LogP contribution in [0.2, 0.25) is 0 Å². The molecule has 0 atom stereocenters. The van der Waals surface area contributed by atoms with Crippen LogP contribution >= 0.6 is 11.3 Å². The van der Waals surface area contributed by atoms with Gasteiger partial charge in [0.15, 0.2) is 0 Å². The van der Waals surface area contributed by atoms with E-state index in [0.29, 0.717) is 5.69 Å². The van der Waals surface area contributed by atoms with Crippen LogP contribution in [0.1, 0.15) is 10.4 Å². The second kappa shape index (κ2) is 5.41. The van der Waals surface area contributed by atoms with Gasteiger partial charge in [0.2, 0.25) is 0 Å². The monoisotopic (exact) mass is 300 g/mol. The maximum absolute atomic E-state index is 11.4. The molecule has 0 aliphatic heterocycles. The molecule has 0 fully saturated rings. The lowest BCUT2D eigenvalue weighted by Gasteiger charge is -2.03. The number of aromatic carboxylic acids is 1. The first-order chi connectivity index (χ1) is 10.2. The molecule has 2 heterocycles. The van der Waals surface area contributed by atoms with Crippen LogP contribution in [0, 0.1) is 0 Å². The molecule has 0 aliphatic rings. The average Bonchev–Trinajstić information content (AvgIpc) is 3.16. The number of hydrogen-bond acceptors (Lipinski definition) is 4. The standard InChI is InChI=1S/C15H12N2O3S/c1-20-12-4-2-11(3-5-12)17-8-13(15(18)19)14(16-17)10-6-7-21-9-10/h2-9H,1H3,(H,18,19). The van der Waals surface area contributed by atoms with Crippen molar-refractivity contribution >= 4 is 17.3 Å². The molecule has 0 spiro atoms. The minimum atomic E-state index is -0.990. The highest BCUT2D eigenvalue weighted by atomic mass is 32.1. The Morgan fingerprint density at radius 3 is 2.62 bits per heavy atom. The first-order valence-corrected chi connectivity index (χ1v) is 7.13. The van der Waals surface area contributed by atoms with E-state index in [4.69, 9.17) is 4.74 Å². The highest BCUT2D eigenvalue weighted by molar-refractivity contribution is 7.08. The highest BCUT2D eigenvalue weighted by Gasteiger charge is 2.18. The molecule has 0 bridgehead atoms. The van der Waals surface area contributed by atoms with Crippen molar-refractivity contribution in [3.63, 3.8) is 0 Å². The second-order valence-electron chi connectivity index (χ2n) is 4.35. The van der Waals surface area contributed by atoms with E-state index in [0.717, 1.165) is 17.0 Å².